The summed E-state index contributed by atoms with van der Waals surface area (Å²) in [6.07, 6.45) is 10.0. The quantitative estimate of drug-likeness (QED) is 0.809. The minimum atomic E-state index is 0.706. The molecule has 0 aliphatic heterocycles. The van der Waals surface area contributed by atoms with Gasteiger partial charge in [-0.1, -0.05) is 33.6 Å². The third-order valence-electron chi connectivity index (χ3n) is 4.45. The van der Waals surface area contributed by atoms with Gasteiger partial charge < -0.3 is 5.32 Å². The Morgan fingerprint density at radius 3 is 2.84 bits per heavy atom. The molecule has 2 unspecified atom stereocenters. The maximum Gasteiger partial charge on any atom is 0.107 e. The molecule has 0 amide bonds. The molecule has 0 spiro atoms. The van der Waals surface area contributed by atoms with Crippen molar-refractivity contribution in [2.24, 2.45) is 11.8 Å². The average Bonchev–Trinajstić information content (AvgIpc) is 2.72. The molecule has 1 aliphatic rings. The molecule has 0 saturated heterocycles. The zero-order chi connectivity index (χ0) is 13.7. The highest BCUT2D eigenvalue weighted by atomic mass is 32.1. The van der Waals surface area contributed by atoms with Gasteiger partial charge in [0.15, 0.2) is 0 Å². The molecule has 1 fully saturated rings. The topological polar surface area (TPSA) is 24.9 Å². The van der Waals surface area contributed by atoms with Crippen molar-refractivity contribution >= 4 is 11.3 Å². The van der Waals surface area contributed by atoms with Crippen LogP contribution in [0, 0.1) is 11.8 Å². The van der Waals surface area contributed by atoms with Crippen LogP contribution in [0.4, 0.5) is 0 Å². The standard InChI is InChI=1S/C16H28N2S/c1-4-15-10-18-16(19-15)11-17-14-7-5-6-13(8-9-14)12(2)3/h10,12-14,17H,4-9,11H2,1-3H3. The first-order chi connectivity index (χ1) is 9.19. The van der Waals surface area contributed by atoms with Gasteiger partial charge in [0.2, 0.25) is 0 Å². The lowest BCUT2D eigenvalue weighted by Gasteiger charge is -2.18. The first-order valence-electron chi connectivity index (χ1n) is 7.86. The summed E-state index contributed by atoms with van der Waals surface area (Å²) in [4.78, 5) is 5.89. The van der Waals surface area contributed by atoms with Crippen molar-refractivity contribution in [2.75, 3.05) is 0 Å². The van der Waals surface area contributed by atoms with E-state index in [9.17, 15) is 0 Å². The van der Waals surface area contributed by atoms with Crippen LogP contribution in [-0.4, -0.2) is 11.0 Å². The number of nitrogens with one attached hydrogen (secondary N) is 1. The number of hydrogen-bond donors (Lipinski definition) is 1. The van der Waals surface area contributed by atoms with Gasteiger partial charge in [0.1, 0.15) is 5.01 Å². The van der Waals surface area contributed by atoms with Gasteiger partial charge in [-0.3, -0.25) is 0 Å². The van der Waals surface area contributed by atoms with Crippen LogP contribution in [-0.2, 0) is 13.0 Å². The van der Waals surface area contributed by atoms with Crippen molar-refractivity contribution in [3.8, 4) is 0 Å². The van der Waals surface area contributed by atoms with E-state index >= 15 is 0 Å². The van der Waals surface area contributed by atoms with Crippen LogP contribution in [0.5, 0.6) is 0 Å². The normalized spacial score (nSPS) is 24.6. The first-order valence-corrected chi connectivity index (χ1v) is 8.67. The van der Waals surface area contributed by atoms with Crippen molar-refractivity contribution < 1.29 is 0 Å². The third-order valence-corrected chi connectivity index (χ3v) is 5.59. The highest BCUT2D eigenvalue weighted by Crippen LogP contribution is 2.29. The van der Waals surface area contributed by atoms with Gasteiger partial charge in [-0.15, -0.1) is 11.3 Å². The molecule has 1 N–H and O–H groups in total. The van der Waals surface area contributed by atoms with Gasteiger partial charge in [0.05, 0.1) is 0 Å². The predicted octanol–water partition coefficient (Wildman–Crippen LogP) is 4.40. The van der Waals surface area contributed by atoms with Crippen molar-refractivity contribution in [2.45, 2.75) is 71.9 Å². The van der Waals surface area contributed by atoms with Gasteiger partial charge in [-0.25, -0.2) is 4.98 Å². The maximum absolute atomic E-state index is 4.49. The molecule has 0 bridgehead atoms. The number of aryl methyl sites for hydroxylation is 1. The summed E-state index contributed by atoms with van der Waals surface area (Å²) in [5, 5.41) is 4.97. The number of aromatic nitrogens is 1. The smallest absolute Gasteiger partial charge is 0.107 e. The van der Waals surface area contributed by atoms with Crippen molar-refractivity contribution in [3.05, 3.63) is 16.1 Å². The third kappa shape index (κ3) is 4.57. The molecular formula is C16H28N2S. The molecular weight excluding hydrogens is 252 g/mol. The van der Waals surface area contributed by atoms with E-state index in [0.29, 0.717) is 6.04 Å². The second kappa shape index (κ2) is 7.39. The van der Waals surface area contributed by atoms with Crippen LogP contribution in [0.1, 0.15) is 62.8 Å². The van der Waals surface area contributed by atoms with E-state index in [4.69, 9.17) is 0 Å². The van der Waals surface area contributed by atoms with E-state index in [0.717, 1.165) is 24.8 Å². The Morgan fingerprint density at radius 2 is 2.16 bits per heavy atom. The highest BCUT2D eigenvalue weighted by Gasteiger charge is 2.20. The summed E-state index contributed by atoms with van der Waals surface area (Å²) < 4.78 is 0. The Labute approximate surface area is 122 Å². The van der Waals surface area contributed by atoms with Crippen LogP contribution >= 0.6 is 11.3 Å². The summed E-state index contributed by atoms with van der Waals surface area (Å²) in [5.41, 5.74) is 0. The fourth-order valence-electron chi connectivity index (χ4n) is 3.03. The van der Waals surface area contributed by atoms with Gasteiger partial charge in [-0.2, -0.15) is 0 Å². The average molecular weight is 280 g/mol. The molecule has 1 aromatic heterocycles. The predicted molar refractivity (Wildman–Crippen MR) is 83.5 cm³/mol. The Morgan fingerprint density at radius 1 is 1.32 bits per heavy atom. The Bertz CT molecular complexity index is 373. The van der Waals surface area contributed by atoms with Crippen LogP contribution in [0.25, 0.3) is 0 Å². The van der Waals surface area contributed by atoms with E-state index in [2.05, 4.69) is 31.1 Å². The molecule has 19 heavy (non-hydrogen) atoms. The van der Waals surface area contributed by atoms with Gasteiger partial charge in [-0.05, 0) is 37.5 Å². The number of thiazole rings is 1. The van der Waals surface area contributed by atoms with Gasteiger partial charge in [0.25, 0.3) is 0 Å². The number of hydrogen-bond acceptors (Lipinski definition) is 3. The fraction of sp³-hybridized carbons (Fsp3) is 0.812. The summed E-state index contributed by atoms with van der Waals surface area (Å²) in [6.45, 7) is 7.91. The van der Waals surface area contributed by atoms with E-state index in [1.54, 1.807) is 0 Å². The lowest BCUT2D eigenvalue weighted by Crippen LogP contribution is -2.28. The SMILES string of the molecule is CCc1cnc(CNC2CCCC(C(C)C)CC2)s1. The van der Waals surface area contributed by atoms with Crippen LogP contribution < -0.4 is 5.32 Å². The monoisotopic (exact) mass is 280 g/mol. The molecule has 0 radical (unpaired) electrons. The molecule has 108 valence electrons. The van der Waals surface area contributed by atoms with Crippen molar-refractivity contribution in [1.29, 1.82) is 0 Å². The summed E-state index contributed by atoms with van der Waals surface area (Å²) >= 11 is 1.86. The van der Waals surface area contributed by atoms with Crippen LogP contribution in [0.2, 0.25) is 0 Å². The molecule has 2 rings (SSSR count). The zero-order valence-electron chi connectivity index (χ0n) is 12.6. The second-order valence-corrected chi connectivity index (χ2v) is 7.36. The zero-order valence-corrected chi connectivity index (χ0v) is 13.4. The summed E-state index contributed by atoms with van der Waals surface area (Å²) in [6, 6.07) is 0.706. The second-order valence-electron chi connectivity index (χ2n) is 6.16. The lowest BCUT2D eigenvalue weighted by molar-refractivity contribution is 0.337. The Balaban J connectivity index is 1.77. The van der Waals surface area contributed by atoms with E-state index in [-0.39, 0.29) is 0 Å². The molecule has 1 saturated carbocycles. The van der Waals surface area contributed by atoms with E-state index in [1.165, 1.54) is 42.0 Å². The minimum absolute atomic E-state index is 0.706. The molecule has 2 atom stereocenters. The van der Waals surface area contributed by atoms with Crippen LogP contribution in [0.15, 0.2) is 6.20 Å². The van der Waals surface area contributed by atoms with Gasteiger partial charge in [0, 0.05) is 23.7 Å². The number of nitrogens with zero attached hydrogens (tertiary/aromatic N) is 1. The Hall–Kier alpha value is -0.410. The first kappa shape index (κ1) is 15.0. The molecule has 0 aromatic carbocycles. The highest BCUT2D eigenvalue weighted by molar-refractivity contribution is 7.11. The largest absolute Gasteiger partial charge is 0.308 e. The number of rotatable bonds is 5. The maximum atomic E-state index is 4.49. The summed E-state index contributed by atoms with van der Waals surface area (Å²) in [7, 11) is 0. The molecule has 2 nitrogen and oxygen atoms in total. The van der Waals surface area contributed by atoms with Crippen LogP contribution in [0.3, 0.4) is 0 Å². The fourth-order valence-corrected chi connectivity index (χ4v) is 3.84. The van der Waals surface area contributed by atoms with E-state index < -0.39 is 0 Å². The van der Waals surface area contributed by atoms with Crippen molar-refractivity contribution in [3.63, 3.8) is 0 Å². The van der Waals surface area contributed by atoms with Crippen molar-refractivity contribution in [1.82, 2.24) is 10.3 Å². The molecule has 3 heteroatoms. The summed E-state index contributed by atoms with van der Waals surface area (Å²) in [5.74, 6) is 1.79. The molecule has 1 aliphatic carbocycles. The minimum Gasteiger partial charge on any atom is -0.308 e. The molecule has 1 aromatic rings. The van der Waals surface area contributed by atoms with Gasteiger partial charge >= 0.3 is 0 Å². The van der Waals surface area contributed by atoms with E-state index in [1.807, 2.05) is 17.5 Å². The lowest BCUT2D eigenvalue weighted by atomic mass is 9.89. The molecule has 1 heterocycles. The Kier molecular flexibility index (Phi) is 5.83.